The Bertz CT molecular complexity index is 994. The molecule has 1 N–H and O–H groups in total. The summed E-state index contributed by atoms with van der Waals surface area (Å²) in [7, 11) is 0. The maximum atomic E-state index is 12.0. The van der Waals surface area contributed by atoms with E-state index in [9.17, 15) is 14.9 Å². The zero-order valence-corrected chi connectivity index (χ0v) is 15.7. The molecule has 0 aliphatic rings. The molecule has 3 rings (SSSR count). The first kappa shape index (κ1) is 19.2. The Morgan fingerprint density at radius 1 is 1.19 bits per heavy atom. The lowest BCUT2D eigenvalue weighted by molar-refractivity contribution is -0.384. The number of halogens is 2. The second-order valence-corrected chi connectivity index (χ2v) is 6.91. The predicted molar refractivity (Wildman–Crippen MR) is 102 cm³/mol. The first-order valence-corrected chi connectivity index (χ1v) is 9.12. The van der Waals surface area contributed by atoms with E-state index in [0.717, 1.165) is 11.8 Å². The van der Waals surface area contributed by atoms with Crippen molar-refractivity contribution in [2.24, 2.45) is 0 Å². The highest BCUT2D eigenvalue weighted by Gasteiger charge is 2.15. The highest BCUT2D eigenvalue weighted by Crippen LogP contribution is 2.28. The molecule has 0 aliphatic carbocycles. The first-order chi connectivity index (χ1) is 12.9. The van der Waals surface area contributed by atoms with Crippen molar-refractivity contribution in [1.29, 1.82) is 0 Å². The Morgan fingerprint density at radius 3 is 2.63 bits per heavy atom. The third-order valence-corrected chi connectivity index (χ3v) is 4.64. The van der Waals surface area contributed by atoms with E-state index in [1.165, 1.54) is 18.2 Å². The monoisotopic (exact) mass is 424 g/mol. The van der Waals surface area contributed by atoms with Crippen molar-refractivity contribution >= 4 is 52.2 Å². The van der Waals surface area contributed by atoms with Gasteiger partial charge in [-0.2, -0.15) is 0 Å². The SMILES string of the molecule is O=C(CSc1nnc(-c2ccc(Cl)cc2)o1)Nc1ccc(Cl)c([N+](=O)[O-])c1. The molecule has 0 spiro atoms. The van der Waals surface area contributed by atoms with Gasteiger partial charge in [0.15, 0.2) is 0 Å². The van der Waals surface area contributed by atoms with Crippen molar-refractivity contribution in [3.8, 4) is 11.5 Å². The molecule has 1 aromatic heterocycles. The molecule has 0 aliphatic heterocycles. The summed E-state index contributed by atoms with van der Waals surface area (Å²) in [6, 6.07) is 10.9. The number of aromatic nitrogens is 2. The van der Waals surface area contributed by atoms with Crippen LogP contribution in [0.3, 0.4) is 0 Å². The molecular formula is C16H10Cl2N4O4S. The highest BCUT2D eigenvalue weighted by molar-refractivity contribution is 7.99. The summed E-state index contributed by atoms with van der Waals surface area (Å²) in [6.45, 7) is 0. The molecular weight excluding hydrogens is 415 g/mol. The van der Waals surface area contributed by atoms with Crippen LogP contribution in [0.2, 0.25) is 10.0 Å². The summed E-state index contributed by atoms with van der Waals surface area (Å²) in [4.78, 5) is 22.3. The van der Waals surface area contributed by atoms with Gasteiger partial charge < -0.3 is 9.73 Å². The molecule has 138 valence electrons. The van der Waals surface area contributed by atoms with Crippen LogP contribution in [-0.2, 0) is 4.79 Å². The van der Waals surface area contributed by atoms with E-state index in [1.807, 2.05) is 0 Å². The summed E-state index contributed by atoms with van der Waals surface area (Å²) in [6.07, 6.45) is 0. The van der Waals surface area contributed by atoms with Crippen molar-refractivity contribution in [2.45, 2.75) is 5.22 Å². The number of rotatable bonds is 6. The van der Waals surface area contributed by atoms with Gasteiger partial charge in [-0.1, -0.05) is 35.0 Å². The average molecular weight is 425 g/mol. The van der Waals surface area contributed by atoms with Gasteiger partial charge in [0.05, 0.1) is 10.7 Å². The number of nitrogens with zero attached hydrogens (tertiary/aromatic N) is 3. The molecule has 11 heteroatoms. The molecule has 8 nitrogen and oxygen atoms in total. The van der Waals surface area contributed by atoms with Gasteiger partial charge in [-0.25, -0.2) is 0 Å². The van der Waals surface area contributed by atoms with Crippen LogP contribution in [0, 0.1) is 10.1 Å². The van der Waals surface area contributed by atoms with Crippen molar-refractivity contribution in [2.75, 3.05) is 11.1 Å². The molecule has 0 radical (unpaired) electrons. The first-order valence-electron chi connectivity index (χ1n) is 7.38. The van der Waals surface area contributed by atoms with Gasteiger partial charge in [0.2, 0.25) is 11.8 Å². The number of hydrogen-bond acceptors (Lipinski definition) is 7. The van der Waals surface area contributed by atoms with Gasteiger partial charge in [-0.05, 0) is 36.4 Å². The van der Waals surface area contributed by atoms with Crippen LogP contribution in [0.25, 0.3) is 11.5 Å². The van der Waals surface area contributed by atoms with Gasteiger partial charge >= 0.3 is 0 Å². The van der Waals surface area contributed by atoms with Crippen molar-refractivity contribution in [1.82, 2.24) is 10.2 Å². The molecule has 0 bridgehead atoms. The predicted octanol–water partition coefficient (Wildman–Crippen LogP) is 4.68. The number of amides is 1. The summed E-state index contributed by atoms with van der Waals surface area (Å²) < 4.78 is 5.49. The Hall–Kier alpha value is -2.62. The van der Waals surface area contributed by atoms with Crippen LogP contribution in [0.5, 0.6) is 0 Å². The third kappa shape index (κ3) is 4.97. The quantitative estimate of drug-likeness (QED) is 0.347. The fraction of sp³-hybridized carbons (Fsp3) is 0.0625. The largest absolute Gasteiger partial charge is 0.411 e. The molecule has 0 unspecified atom stereocenters. The van der Waals surface area contributed by atoms with Crippen molar-refractivity contribution in [3.63, 3.8) is 0 Å². The third-order valence-electron chi connectivity index (χ3n) is 3.25. The van der Waals surface area contributed by atoms with E-state index >= 15 is 0 Å². The Labute approximate surface area is 167 Å². The smallest absolute Gasteiger partial charge is 0.289 e. The van der Waals surface area contributed by atoms with E-state index in [-0.39, 0.29) is 33.3 Å². The second-order valence-electron chi connectivity index (χ2n) is 5.14. The Balaban J connectivity index is 1.59. The number of nitrogens with one attached hydrogen (secondary N) is 1. The fourth-order valence-electron chi connectivity index (χ4n) is 2.03. The maximum absolute atomic E-state index is 12.0. The van der Waals surface area contributed by atoms with Crippen LogP contribution in [0.4, 0.5) is 11.4 Å². The summed E-state index contributed by atoms with van der Waals surface area (Å²) in [5, 5.41) is 22.0. The molecule has 1 heterocycles. The van der Waals surface area contributed by atoms with Crippen LogP contribution in [-0.4, -0.2) is 26.8 Å². The molecule has 0 fully saturated rings. The summed E-state index contributed by atoms with van der Waals surface area (Å²) in [5.41, 5.74) is 0.687. The Morgan fingerprint density at radius 2 is 1.93 bits per heavy atom. The Kier molecular flexibility index (Phi) is 5.94. The van der Waals surface area contributed by atoms with Crippen LogP contribution in [0.1, 0.15) is 0 Å². The van der Waals surface area contributed by atoms with Gasteiger partial charge in [0, 0.05) is 22.3 Å². The average Bonchev–Trinajstić information content (AvgIpc) is 3.11. The lowest BCUT2D eigenvalue weighted by Gasteiger charge is -2.04. The van der Waals surface area contributed by atoms with Crippen LogP contribution >= 0.6 is 35.0 Å². The highest BCUT2D eigenvalue weighted by atomic mass is 35.5. The maximum Gasteiger partial charge on any atom is 0.289 e. The number of nitro groups is 1. The van der Waals surface area contributed by atoms with Gasteiger partial charge in [0.25, 0.3) is 10.9 Å². The zero-order chi connectivity index (χ0) is 19.4. The number of hydrogen-bond donors (Lipinski definition) is 1. The molecule has 27 heavy (non-hydrogen) atoms. The lowest BCUT2D eigenvalue weighted by Crippen LogP contribution is -2.14. The summed E-state index contributed by atoms with van der Waals surface area (Å²) >= 11 is 12.6. The van der Waals surface area contributed by atoms with Crippen molar-refractivity contribution in [3.05, 3.63) is 62.6 Å². The van der Waals surface area contributed by atoms with Crippen LogP contribution in [0.15, 0.2) is 52.1 Å². The summed E-state index contributed by atoms with van der Waals surface area (Å²) in [5.74, 6) is -0.0932. The zero-order valence-electron chi connectivity index (χ0n) is 13.4. The molecule has 2 aromatic carbocycles. The normalized spacial score (nSPS) is 10.6. The minimum Gasteiger partial charge on any atom is -0.411 e. The van der Waals surface area contributed by atoms with Gasteiger partial charge in [-0.15, -0.1) is 10.2 Å². The van der Waals surface area contributed by atoms with Crippen molar-refractivity contribution < 1.29 is 14.1 Å². The number of carbonyl (C=O) groups excluding carboxylic acids is 1. The minimum atomic E-state index is -0.622. The lowest BCUT2D eigenvalue weighted by atomic mass is 10.2. The number of anilines is 1. The van der Waals surface area contributed by atoms with Gasteiger partial charge in [0.1, 0.15) is 5.02 Å². The molecule has 0 saturated carbocycles. The minimum absolute atomic E-state index is 0.00652. The fourth-order valence-corrected chi connectivity index (χ4v) is 2.91. The molecule has 1 amide bonds. The van der Waals surface area contributed by atoms with Crippen LogP contribution < -0.4 is 5.32 Å². The van der Waals surface area contributed by atoms with E-state index in [4.69, 9.17) is 27.6 Å². The topological polar surface area (TPSA) is 111 Å². The number of thioether (sulfide) groups is 1. The molecule has 0 atom stereocenters. The van der Waals surface area contributed by atoms with E-state index < -0.39 is 4.92 Å². The van der Waals surface area contributed by atoms with Gasteiger partial charge in [-0.3, -0.25) is 14.9 Å². The standard InChI is InChI=1S/C16H10Cl2N4O4S/c17-10-3-1-9(2-4-10)15-20-21-16(26-15)27-8-14(23)19-11-5-6-12(18)13(7-11)22(24)25/h1-7H,8H2,(H,19,23). The number of nitro benzene ring substituents is 1. The van der Waals surface area contributed by atoms with E-state index in [1.54, 1.807) is 24.3 Å². The number of benzene rings is 2. The van der Waals surface area contributed by atoms with E-state index in [0.29, 0.717) is 16.5 Å². The molecule has 0 saturated heterocycles. The number of carbonyl (C=O) groups is 1. The van der Waals surface area contributed by atoms with E-state index in [2.05, 4.69) is 15.5 Å². The molecule has 3 aromatic rings. The second kappa shape index (κ2) is 8.38.